The van der Waals surface area contributed by atoms with E-state index in [0.717, 1.165) is 6.08 Å². The zero-order chi connectivity index (χ0) is 9.84. The van der Waals surface area contributed by atoms with Crippen molar-refractivity contribution in [2.24, 2.45) is 0 Å². The lowest BCUT2D eigenvalue weighted by Crippen LogP contribution is -1.86. The second kappa shape index (κ2) is 4.05. The Hall–Kier alpha value is -1.35. The van der Waals surface area contributed by atoms with Gasteiger partial charge in [0.1, 0.15) is 5.82 Å². The van der Waals surface area contributed by atoms with Crippen LogP contribution in [0.2, 0.25) is 5.02 Å². The summed E-state index contributed by atoms with van der Waals surface area (Å²) in [4.78, 5) is 10.1. The molecule has 13 heavy (non-hydrogen) atoms. The van der Waals surface area contributed by atoms with E-state index in [0.29, 0.717) is 5.56 Å². The van der Waals surface area contributed by atoms with Crippen molar-refractivity contribution in [1.82, 2.24) is 0 Å². The van der Waals surface area contributed by atoms with Crippen LogP contribution in [0.4, 0.5) is 4.39 Å². The maximum Gasteiger partial charge on any atom is 0.328 e. The normalized spacial score (nSPS) is 10.6. The van der Waals surface area contributed by atoms with Gasteiger partial charge in [0, 0.05) is 6.08 Å². The van der Waals surface area contributed by atoms with Gasteiger partial charge in [-0.3, -0.25) is 0 Å². The summed E-state index contributed by atoms with van der Waals surface area (Å²) in [7, 11) is 0. The van der Waals surface area contributed by atoms with Gasteiger partial charge in [0.25, 0.3) is 0 Å². The first-order chi connectivity index (χ1) is 6.09. The molecule has 0 aliphatic rings. The molecule has 2 nitrogen and oxygen atoms in total. The van der Waals surface area contributed by atoms with Crippen LogP contribution in [-0.4, -0.2) is 11.1 Å². The molecule has 1 N–H and O–H groups in total. The molecule has 0 unspecified atom stereocenters. The molecule has 1 aromatic rings. The number of carbonyl (C=O) groups is 1. The minimum atomic E-state index is -1.06. The minimum absolute atomic E-state index is 0.0208. The first-order valence-corrected chi connectivity index (χ1v) is 3.83. The molecule has 0 bridgehead atoms. The van der Waals surface area contributed by atoms with Gasteiger partial charge < -0.3 is 5.11 Å². The van der Waals surface area contributed by atoms with Crippen LogP contribution in [0.3, 0.4) is 0 Å². The maximum atomic E-state index is 12.6. The van der Waals surface area contributed by atoms with Gasteiger partial charge in [-0.05, 0) is 23.8 Å². The summed E-state index contributed by atoms with van der Waals surface area (Å²) in [5.41, 5.74) is 0.550. The first kappa shape index (κ1) is 9.74. The summed E-state index contributed by atoms with van der Waals surface area (Å²) < 4.78 is 12.6. The SMILES string of the molecule is O=C(O)C=Cc1ccc(F)c(Cl)c1. The van der Waals surface area contributed by atoms with E-state index in [1.54, 1.807) is 0 Å². The zero-order valence-corrected chi connectivity index (χ0v) is 7.25. The average Bonchev–Trinajstić information content (AvgIpc) is 2.07. The Kier molecular flexibility index (Phi) is 3.03. The van der Waals surface area contributed by atoms with Gasteiger partial charge in [-0.15, -0.1) is 0 Å². The van der Waals surface area contributed by atoms with Crippen molar-refractivity contribution in [3.63, 3.8) is 0 Å². The lowest BCUT2D eigenvalue weighted by molar-refractivity contribution is -0.131. The molecule has 0 amide bonds. The fourth-order valence-corrected chi connectivity index (χ4v) is 0.973. The number of carboxylic acid groups (broad SMARTS) is 1. The summed E-state index contributed by atoms with van der Waals surface area (Å²) in [6.07, 6.45) is 2.30. The highest BCUT2D eigenvalue weighted by Crippen LogP contribution is 2.16. The molecule has 0 saturated heterocycles. The summed E-state index contributed by atoms with van der Waals surface area (Å²) in [5.74, 6) is -1.57. The molecule has 0 fully saturated rings. The highest BCUT2D eigenvalue weighted by molar-refractivity contribution is 6.30. The zero-order valence-electron chi connectivity index (χ0n) is 6.50. The van der Waals surface area contributed by atoms with Crippen LogP contribution in [0.5, 0.6) is 0 Å². The molecule has 0 aromatic heterocycles. The summed E-state index contributed by atoms with van der Waals surface area (Å²) in [6.45, 7) is 0. The van der Waals surface area contributed by atoms with Gasteiger partial charge in [-0.25, -0.2) is 9.18 Å². The van der Waals surface area contributed by atoms with Crippen molar-refractivity contribution in [3.05, 3.63) is 40.7 Å². The average molecular weight is 201 g/mol. The van der Waals surface area contributed by atoms with Crippen LogP contribution in [0.25, 0.3) is 6.08 Å². The highest BCUT2D eigenvalue weighted by atomic mass is 35.5. The number of halogens is 2. The minimum Gasteiger partial charge on any atom is -0.478 e. The van der Waals surface area contributed by atoms with Crippen LogP contribution in [0.1, 0.15) is 5.56 Å². The van der Waals surface area contributed by atoms with E-state index in [1.807, 2.05) is 0 Å². The Balaban J connectivity index is 2.92. The standard InChI is InChI=1S/C9H6ClFO2/c10-7-5-6(1-3-8(7)11)2-4-9(12)13/h1-5H,(H,12,13). The van der Waals surface area contributed by atoms with E-state index in [1.165, 1.54) is 24.3 Å². The Labute approximate surface area is 79.3 Å². The van der Waals surface area contributed by atoms with Crippen molar-refractivity contribution < 1.29 is 14.3 Å². The Bertz CT molecular complexity index is 361. The molecule has 0 aliphatic carbocycles. The maximum absolute atomic E-state index is 12.6. The molecular formula is C9H6ClFO2. The monoisotopic (exact) mass is 200 g/mol. The fraction of sp³-hybridized carbons (Fsp3) is 0. The summed E-state index contributed by atoms with van der Waals surface area (Å²) >= 11 is 5.47. The molecule has 0 heterocycles. The van der Waals surface area contributed by atoms with Gasteiger partial charge in [0.05, 0.1) is 5.02 Å². The van der Waals surface area contributed by atoms with Gasteiger partial charge in [-0.2, -0.15) is 0 Å². The lowest BCUT2D eigenvalue weighted by Gasteiger charge is -1.95. The Morgan fingerprint density at radius 3 is 2.77 bits per heavy atom. The number of hydrogen-bond donors (Lipinski definition) is 1. The molecule has 0 atom stereocenters. The van der Waals surface area contributed by atoms with Crippen molar-refractivity contribution >= 4 is 23.6 Å². The third-order valence-electron chi connectivity index (χ3n) is 1.36. The molecule has 0 aliphatic heterocycles. The fourth-order valence-electron chi connectivity index (χ4n) is 0.784. The predicted octanol–water partition coefficient (Wildman–Crippen LogP) is 2.58. The largest absolute Gasteiger partial charge is 0.478 e. The van der Waals surface area contributed by atoms with E-state index in [2.05, 4.69) is 0 Å². The van der Waals surface area contributed by atoms with Crippen LogP contribution in [-0.2, 0) is 4.79 Å². The number of hydrogen-bond acceptors (Lipinski definition) is 1. The molecule has 0 saturated carbocycles. The second-order valence-corrected chi connectivity index (χ2v) is 2.75. The molecular weight excluding hydrogens is 195 g/mol. The number of aliphatic carboxylic acids is 1. The summed E-state index contributed by atoms with van der Waals surface area (Å²) in [5, 5.41) is 8.28. The molecule has 0 radical (unpaired) electrons. The summed E-state index contributed by atoms with van der Waals surface area (Å²) in [6, 6.07) is 3.99. The van der Waals surface area contributed by atoms with E-state index >= 15 is 0 Å². The van der Waals surface area contributed by atoms with Crippen LogP contribution >= 0.6 is 11.6 Å². The van der Waals surface area contributed by atoms with Crippen LogP contribution < -0.4 is 0 Å². The lowest BCUT2D eigenvalue weighted by atomic mass is 10.2. The highest BCUT2D eigenvalue weighted by Gasteiger charge is 1.98. The Morgan fingerprint density at radius 2 is 2.23 bits per heavy atom. The number of carboxylic acids is 1. The van der Waals surface area contributed by atoms with Gasteiger partial charge in [-0.1, -0.05) is 17.7 Å². The molecule has 68 valence electrons. The van der Waals surface area contributed by atoms with Gasteiger partial charge >= 0.3 is 5.97 Å². The number of benzene rings is 1. The van der Waals surface area contributed by atoms with Gasteiger partial charge in [0.2, 0.25) is 0 Å². The quantitative estimate of drug-likeness (QED) is 0.745. The predicted molar refractivity (Wildman–Crippen MR) is 48.1 cm³/mol. The molecule has 4 heteroatoms. The smallest absolute Gasteiger partial charge is 0.328 e. The van der Waals surface area contributed by atoms with Gasteiger partial charge in [0.15, 0.2) is 0 Å². The molecule has 0 spiro atoms. The van der Waals surface area contributed by atoms with Crippen molar-refractivity contribution in [3.8, 4) is 0 Å². The van der Waals surface area contributed by atoms with Crippen molar-refractivity contribution in [1.29, 1.82) is 0 Å². The Morgan fingerprint density at radius 1 is 1.54 bits per heavy atom. The van der Waals surface area contributed by atoms with E-state index in [9.17, 15) is 9.18 Å². The van der Waals surface area contributed by atoms with E-state index in [-0.39, 0.29) is 5.02 Å². The van der Waals surface area contributed by atoms with Crippen molar-refractivity contribution in [2.75, 3.05) is 0 Å². The molecule has 1 aromatic carbocycles. The number of rotatable bonds is 2. The van der Waals surface area contributed by atoms with E-state index < -0.39 is 11.8 Å². The van der Waals surface area contributed by atoms with Crippen LogP contribution in [0.15, 0.2) is 24.3 Å². The van der Waals surface area contributed by atoms with Crippen LogP contribution in [0, 0.1) is 5.82 Å². The van der Waals surface area contributed by atoms with E-state index in [4.69, 9.17) is 16.7 Å². The molecule has 1 rings (SSSR count). The third kappa shape index (κ3) is 2.87. The third-order valence-corrected chi connectivity index (χ3v) is 1.65. The second-order valence-electron chi connectivity index (χ2n) is 2.35. The topological polar surface area (TPSA) is 37.3 Å². The first-order valence-electron chi connectivity index (χ1n) is 3.45. The van der Waals surface area contributed by atoms with Crippen molar-refractivity contribution in [2.45, 2.75) is 0 Å².